The van der Waals surface area contributed by atoms with Crippen LogP contribution in [0.1, 0.15) is 29.7 Å². The Labute approximate surface area is 202 Å². The molecule has 0 aliphatic carbocycles. The third-order valence-corrected chi connectivity index (χ3v) is 9.81. The molecule has 0 spiro atoms. The summed E-state index contributed by atoms with van der Waals surface area (Å²) in [6, 6.07) is 11.1. The van der Waals surface area contributed by atoms with E-state index in [1.54, 1.807) is 31.4 Å². The summed E-state index contributed by atoms with van der Waals surface area (Å²) < 4.78 is 31.7. The van der Waals surface area contributed by atoms with Crippen LogP contribution in [0.3, 0.4) is 0 Å². The number of aryl methyl sites for hydroxylation is 1. The number of rotatable bonds is 6. The molecular formula is C23H24Cl2N2O3S2. The van der Waals surface area contributed by atoms with Gasteiger partial charge < -0.3 is 9.64 Å². The van der Waals surface area contributed by atoms with Crippen LogP contribution < -0.4 is 9.64 Å². The monoisotopic (exact) mass is 510 g/mol. The van der Waals surface area contributed by atoms with Gasteiger partial charge >= 0.3 is 0 Å². The van der Waals surface area contributed by atoms with Crippen molar-refractivity contribution in [1.82, 2.24) is 4.98 Å². The first-order chi connectivity index (χ1) is 15.3. The van der Waals surface area contributed by atoms with Crippen LogP contribution in [-0.4, -0.2) is 38.9 Å². The Morgan fingerprint density at radius 1 is 1.16 bits per heavy atom. The number of hydrogen-bond donors (Lipinski definition) is 0. The lowest BCUT2D eigenvalue weighted by Gasteiger charge is -2.31. The predicted octanol–water partition coefficient (Wildman–Crippen LogP) is 5.80. The van der Waals surface area contributed by atoms with Crippen LogP contribution in [0.15, 0.2) is 46.7 Å². The molecule has 1 saturated heterocycles. The van der Waals surface area contributed by atoms with Crippen LogP contribution in [0.5, 0.6) is 5.75 Å². The maximum atomic E-state index is 13.2. The number of anilines is 1. The molecule has 0 saturated carbocycles. The van der Waals surface area contributed by atoms with E-state index in [0.29, 0.717) is 36.5 Å². The number of halogens is 2. The van der Waals surface area contributed by atoms with Crippen molar-refractivity contribution in [1.29, 1.82) is 0 Å². The highest BCUT2D eigenvalue weighted by Crippen LogP contribution is 2.34. The summed E-state index contributed by atoms with van der Waals surface area (Å²) in [5, 5.41) is 3.18. The van der Waals surface area contributed by atoms with E-state index in [0.717, 1.165) is 28.6 Å². The van der Waals surface area contributed by atoms with Crippen molar-refractivity contribution in [3.63, 3.8) is 0 Å². The van der Waals surface area contributed by atoms with E-state index in [2.05, 4.69) is 16.3 Å². The second-order valence-electron chi connectivity index (χ2n) is 7.91. The van der Waals surface area contributed by atoms with Crippen LogP contribution in [0, 0.1) is 6.92 Å². The molecule has 1 fully saturated rings. The number of nitrogens with zero attached hydrogens (tertiary/aromatic N) is 2. The molecule has 9 heteroatoms. The first-order valence-electron chi connectivity index (χ1n) is 10.3. The van der Waals surface area contributed by atoms with Crippen LogP contribution in [0.2, 0.25) is 10.0 Å². The van der Waals surface area contributed by atoms with E-state index in [1.165, 1.54) is 6.07 Å². The fraction of sp³-hybridized carbons (Fsp3) is 0.348. The first kappa shape index (κ1) is 23.4. The third kappa shape index (κ3) is 4.91. The number of aromatic nitrogens is 1. The van der Waals surface area contributed by atoms with Crippen molar-refractivity contribution in [2.75, 3.05) is 25.1 Å². The molecule has 32 heavy (non-hydrogen) atoms. The van der Waals surface area contributed by atoms with Crippen LogP contribution >= 0.6 is 34.5 Å². The number of thiazole rings is 1. The molecule has 2 heterocycles. The number of piperidine rings is 1. The van der Waals surface area contributed by atoms with Gasteiger partial charge in [-0.2, -0.15) is 0 Å². The molecule has 1 aromatic heterocycles. The normalized spacial score (nSPS) is 15.2. The van der Waals surface area contributed by atoms with Crippen molar-refractivity contribution in [3.05, 3.63) is 68.6 Å². The molecule has 1 aliphatic rings. The van der Waals surface area contributed by atoms with Crippen molar-refractivity contribution in [2.24, 2.45) is 0 Å². The molecule has 0 bridgehead atoms. The lowest BCUT2D eigenvalue weighted by atomic mass is 10.1. The average molecular weight is 511 g/mol. The molecular weight excluding hydrogens is 487 g/mol. The number of ether oxygens (including phenoxy) is 1. The minimum atomic E-state index is -3.53. The number of sulfone groups is 1. The second kappa shape index (κ2) is 9.59. The van der Waals surface area contributed by atoms with Gasteiger partial charge in [-0.1, -0.05) is 35.3 Å². The Morgan fingerprint density at radius 2 is 1.91 bits per heavy atom. The lowest BCUT2D eigenvalue weighted by Crippen LogP contribution is -2.39. The SMILES string of the molecule is COc1cccc(Cc2csc(N3CCC(S(=O)(=O)c4cc(C)c(Cl)cc4Cl)CC3)n2)c1. The predicted molar refractivity (Wildman–Crippen MR) is 132 cm³/mol. The van der Waals surface area contributed by atoms with E-state index in [1.807, 2.05) is 18.2 Å². The fourth-order valence-electron chi connectivity index (χ4n) is 3.90. The fourth-order valence-corrected chi connectivity index (χ4v) is 7.35. The second-order valence-corrected chi connectivity index (χ2v) is 11.8. The van der Waals surface area contributed by atoms with Crippen LogP contribution in [-0.2, 0) is 16.3 Å². The Kier molecular flexibility index (Phi) is 7.00. The van der Waals surface area contributed by atoms with Gasteiger partial charge in [-0.25, -0.2) is 13.4 Å². The maximum absolute atomic E-state index is 13.2. The minimum Gasteiger partial charge on any atom is -0.497 e. The highest BCUT2D eigenvalue weighted by Gasteiger charge is 2.33. The van der Waals surface area contributed by atoms with Gasteiger partial charge in [0.1, 0.15) is 5.75 Å². The van der Waals surface area contributed by atoms with Crippen molar-refractivity contribution >= 4 is 49.5 Å². The van der Waals surface area contributed by atoms with Crippen molar-refractivity contribution in [2.45, 2.75) is 36.3 Å². The highest BCUT2D eigenvalue weighted by molar-refractivity contribution is 7.92. The standard InChI is InChI=1S/C23H24Cl2N2O3S2/c1-15-10-22(21(25)13-20(15)24)32(28,29)19-6-8-27(9-7-19)23-26-17(14-31-23)11-16-4-3-5-18(12-16)30-2/h3-5,10,12-14,19H,6-9,11H2,1-2H3. The molecule has 4 rings (SSSR count). The summed E-state index contributed by atoms with van der Waals surface area (Å²) in [6.45, 7) is 3.06. The highest BCUT2D eigenvalue weighted by atomic mass is 35.5. The zero-order valence-corrected chi connectivity index (χ0v) is 21.0. The van der Waals surface area contributed by atoms with Crippen LogP contribution in [0.25, 0.3) is 0 Å². The smallest absolute Gasteiger partial charge is 0.185 e. The molecule has 2 aromatic carbocycles. The van der Waals surface area contributed by atoms with Gasteiger partial charge in [0, 0.05) is 29.9 Å². The van der Waals surface area contributed by atoms with E-state index >= 15 is 0 Å². The molecule has 0 unspecified atom stereocenters. The Balaban J connectivity index is 1.42. The summed E-state index contributed by atoms with van der Waals surface area (Å²) in [5.41, 5.74) is 2.84. The van der Waals surface area contributed by atoms with Crippen molar-refractivity contribution in [3.8, 4) is 5.75 Å². The molecule has 3 aromatic rings. The van der Waals surface area contributed by atoms with Gasteiger partial charge in [0.05, 0.1) is 28.0 Å². The zero-order chi connectivity index (χ0) is 22.9. The van der Waals surface area contributed by atoms with E-state index < -0.39 is 15.1 Å². The summed E-state index contributed by atoms with van der Waals surface area (Å²) in [6.07, 6.45) is 1.79. The molecule has 170 valence electrons. The summed E-state index contributed by atoms with van der Waals surface area (Å²) in [7, 11) is -1.87. The zero-order valence-electron chi connectivity index (χ0n) is 17.8. The largest absolute Gasteiger partial charge is 0.497 e. The van der Waals surface area contributed by atoms with Gasteiger partial charge in [-0.15, -0.1) is 11.3 Å². The van der Waals surface area contributed by atoms with Gasteiger partial charge in [-0.3, -0.25) is 0 Å². The molecule has 0 N–H and O–H groups in total. The summed E-state index contributed by atoms with van der Waals surface area (Å²) in [4.78, 5) is 7.13. The molecule has 0 atom stereocenters. The maximum Gasteiger partial charge on any atom is 0.185 e. The summed E-state index contributed by atoms with van der Waals surface area (Å²) >= 11 is 13.9. The number of benzene rings is 2. The lowest BCUT2D eigenvalue weighted by molar-refractivity contribution is 0.414. The van der Waals surface area contributed by atoms with Gasteiger partial charge in [0.15, 0.2) is 15.0 Å². The van der Waals surface area contributed by atoms with E-state index in [-0.39, 0.29) is 9.92 Å². The number of hydrogen-bond acceptors (Lipinski definition) is 6. The van der Waals surface area contributed by atoms with E-state index in [9.17, 15) is 8.42 Å². The minimum absolute atomic E-state index is 0.175. The molecule has 0 radical (unpaired) electrons. The van der Waals surface area contributed by atoms with E-state index in [4.69, 9.17) is 32.9 Å². The van der Waals surface area contributed by atoms with Crippen LogP contribution in [0.4, 0.5) is 5.13 Å². The Bertz CT molecular complexity index is 1220. The van der Waals surface area contributed by atoms with Gasteiger partial charge in [0.25, 0.3) is 0 Å². The van der Waals surface area contributed by atoms with Gasteiger partial charge in [0.2, 0.25) is 0 Å². The number of methoxy groups -OCH3 is 1. The third-order valence-electron chi connectivity index (χ3n) is 5.73. The molecule has 0 amide bonds. The molecule has 1 aliphatic heterocycles. The average Bonchev–Trinajstić information content (AvgIpc) is 3.24. The summed E-state index contributed by atoms with van der Waals surface area (Å²) in [5.74, 6) is 0.831. The first-order valence-corrected chi connectivity index (χ1v) is 13.5. The Morgan fingerprint density at radius 3 is 2.62 bits per heavy atom. The molecule has 5 nitrogen and oxygen atoms in total. The topological polar surface area (TPSA) is 59.5 Å². The van der Waals surface area contributed by atoms with Gasteiger partial charge in [-0.05, 0) is 55.2 Å². The Hall–Kier alpha value is -1.80. The van der Waals surface area contributed by atoms with Crippen molar-refractivity contribution < 1.29 is 13.2 Å². The quantitative estimate of drug-likeness (QED) is 0.419.